The maximum atomic E-state index is 13.1. The van der Waals surface area contributed by atoms with Crippen LogP contribution in [0.4, 0.5) is 13.2 Å². The van der Waals surface area contributed by atoms with Gasteiger partial charge < -0.3 is 10.5 Å². The lowest BCUT2D eigenvalue weighted by Crippen LogP contribution is -2.14. The summed E-state index contributed by atoms with van der Waals surface area (Å²) in [6.07, 6.45) is 0. The van der Waals surface area contributed by atoms with E-state index in [4.69, 9.17) is 17.3 Å². The minimum Gasteiger partial charge on any atom is -0.417 e. The summed E-state index contributed by atoms with van der Waals surface area (Å²) in [6, 6.07) is 7.61. The maximum Gasteiger partial charge on any atom is 0.388 e. The predicted octanol–water partition coefficient (Wildman–Crippen LogP) is 3.95. The molecule has 0 fully saturated rings. The third-order valence-corrected chi connectivity index (χ3v) is 2.87. The van der Waals surface area contributed by atoms with E-state index in [2.05, 4.69) is 9.72 Å². The minimum absolute atomic E-state index is 0. The van der Waals surface area contributed by atoms with Crippen LogP contribution in [0.5, 0.6) is 5.88 Å². The number of halogens is 5. The van der Waals surface area contributed by atoms with Gasteiger partial charge in [0.1, 0.15) is 5.82 Å². The highest BCUT2D eigenvalue weighted by molar-refractivity contribution is 6.30. The van der Waals surface area contributed by atoms with Gasteiger partial charge in [0.2, 0.25) is 5.88 Å². The predicted molar refractivity (Wildman–Crippen MR) is 75.6 cm³/mol. The van der Waals surface area contributed by atoms with E-state index >= 15 is 0 Å². The number of aromatic nitrogens is 1. The average molecular weight is 339 g/mol. The molecule has 0 amide bonds. The average Bonchev–Trinajstić information content (AvgIpc) is 2.40. The van der Waals surface area contributed by atoms with Gasteiger partial charge in [-0.3, -0.25) is 0 Å². The number of pyridine rings is 1. The summed E-state index contributed by atoms with van der Waals surface area (Å²) in [5.74, 6) is -0.800. The van der Waals surface area contributed by atoms with Gasteiger partial charge in [0, 0.05) is 6.07 Å². The smallest absolute Gasteiger partial charge is 0.388 e. The first-order valence-corrected chi connectivity index (χ1v) is 5.97. The Bertz CT molecular complexity index is 614. The van der Waals surface area contributed by atoms with Crippen LogP contribution in [0.15, 0.2) is 36.4 Å². The standard InChI is InChI=1S/C13H10ClF3N2O.ClH/c14-8-6-7(4-5-9(8)15)12(18)10-2-1-3-11(19-10)20-13(16)17;/h1-6,12-13H,18H2;1H. The lowest BCUT2D eigenvalue weighted by Gasteiger charge is -2.13. The molecule has 1 aromatic heterocycles. The molecule has 0 aliphatic carbocycles. The minimum atomic E-state index is -2.96. The first-order valence-electron chi connectivity index (χ1n) is 5.59. The molecule has 1 unspecified atom stereocenters. The van der Waals surface area contributed by atoms with Crippen molar-refractivity contribution in [1.82, 2.24) is 4.98 Å². The molecule has 0 spiro atoms. The molecule has 2 aromatic rings. The van der Waals surface area contributed by atoms with E-state index < -0.39 is 18.5 Å². The van der Waals surface area contributed by atoms with Gasteiger partial charge in [0.25, 0.3) is 0 Å². The van der Waals surface area contributed by atoms with Crippen molar-refractivity contribution >= 4 is 24.0 Å². The highest BCUT2D eigenvalue weighted by Crippen LogP contribution is 2.24. The van der Waals surface area contributed by atoms with Gasteiger partial charge in [-0.25, -0.2) is 9.37 Å². The second kappa shape index (κ2) is 7.49. The van der Waals surface area contributed by atoms with E-state index in [-0.39, 0.29) is 23.3 Å². The Morgan fingerprint density at radius 3 is 2.52 bits per heavy atom. The van der Waals surface area contributed by atoms with E-state index in [1.54, 1.807) is 6.07 Å². The molecule has 1 atom stereocenters. The van der Waals surface area contributed by atoms with Crippen LogP contribution in [0.25, 0.3) is 0 Å². The van der Waals surface area contributed by atoms with E-state index in [1.165, 1.54) is 30.3 Å². The first-order chi connectivity index (χ1) is 9.47. The van der Waals surface area contributed by atoms with Crippen molar-refractivity contribution in [3.05, 3.63) is 58.5 Å². The highest BCUT2D eigenvalue weighted by Gasteiger charge is 2.14. The number of nitrogens with zero attached hydrogens (tertiary/aromatic N) is 1. The molecule has 2 N–H and O–H groups in total. The molecule has 2 rings (SSSR count). The molecular weight excluding hydrogens is 328 g/mol. The number of hydrogen-bond acceptors (Lipinski definition) is 3. The van der Waals surface area contributed by atoms with Crippen molar-refractivity contribution < 1.29 is 17.9 Å². The Balaban J connectivity index is 0.00000220. The van der Waals surface area contributed by atoms with Gasteiger partial charge in [-0.2, -0.15) is 8.78 Å². The Labute approximate surface area is 130 Å². The number of benzene rings is 1. The van der Waals surface area contributed by atoms with Crippen LogP contribution in [0.3, 0.4) is 0 Å². The number of rotatable bonds is 4. The van der Waals surface area contributed by atoms with Gasteiger partial charge in [-0.1, -0.05) is 23.7 Å². The Kier molecular flexibility index (Phi) is 6.26. The summed E-state index contributed by atoms with van der Waals surface area (Å²) >= 11 is 5.67. The van der Waals surface area contributed by atoms with Crippen molar-refractivity contribution in [2.45, 2.75) is 12.7 Å². The fourth-order valence-electron chi connectivity index (χ4n) is 1.64. The van der Waals surface area contributed by atoms with E-state index in [1.807, 2.05) is 0 Å². The molecule has 114 valence electrons. The van der Waals surface area contributed by atoms with Crippen LogP contribution >= 0.6 is 24.0 Å². The third kappa shape index (κ3) is 4.49. The molecule has 0 radical (unpaired) electrons. The van der Waals surface area contributed by atoms with Crippen molar-refractivity contribution in [2.75, 3.05) is 0 Å². The quantitative estimate of drug-likeness (QED) is 0.918. The van der Waals surface area contributed by atoms with E-state index in [9.17, 15) is 13.2 Å². The highest BCUT2D eigenvalue weighted by atomic mass is 35.5. The molecule has 0 saturated heterocycles. The number of hydrogen-bond donors (Lipinski definition) is 1. The fourth-order valence-corrected chi connectivity index (χ4v) is 1.83. The van der Waals surface area contributed by atoms with Crippen molar-refractivity contribution in [3.8, 4) is 5.88 Å². The maximum absolute atomic E-state index is 13.1. The first kappa shape index (κ1) is 17.6. The van der Waals surface area contributed by atoms with E-state index in [0.717, 1.165) is 0 Å². The summed E-state index contributed by atoms with van der Waals surface area (Å²) in [7, 11) is 0. The summed E-state index contributed by atoms with van der Waals surface area (Å²) in [5.41, 5.74) is 6.77. The molecule has 3 nitrogen and oxygen atoms in total. The second-order valence-electron chi connectivity index (χ2n) is 3.93. The second-order valence-corrected chi connectivity index (χ2v) is 4.34. The molecule has 0 aliphatic heterocycles. The summed E-state index contributed by atoms with van der Waals surface area (Å²) in [6.45, 7) is -2.96. The van der Waals surface area contributed by atoms with Crippen LogP contribution in [0.2, 0.25) is 5.02 Å². The summed E-state index contributed by atoms with van der Waals surface area (Å²) in [5, 5.41) is -0.0714. The Morgan fingerprint density at radius 2 is 1.90 bits per heavy atom. The van der Waals surface area contributed by atoms with Gasteiger partial charge >= 0.3 is 6.61 Å². The van der Waals surface area contributed by atoms with Crippen molar-refractivity contribution in [1.29, 1.82) is 0 Å². The number of nitrogens with two attached hydrogens (primary N) is 1. The Hall–Kier alpha value is -1.50. The fraction of sp³-hybridized carbons (Fsp3) is 0.154. The van der Waals surface area contributed by atoms with Gasteiger partial charge in [0.15, 0.2) is 0 Å². The molecule has 21 heavy (non-hydrogen) atoms. The summed E-state index contributed by atoms with van der Waals surface area (Å²) < 4.78 is 41.5. The van der Waals surface area contributed by atoms with E-state index in [0.29, 0.717) is 11.3 Å². The van der Waals surface area contributed by atoms with Gasteiger partial charge in [0.05, 0.1) is 16.8 Å². The van der Waals surface area contributed by atoms with Crippen molar-refractivity contribution in [2.24, 2.45) is 5.73 Å². The SMILES string of the molecule is Cl.NC(c1ccc(F)c(Cl)c1)c1cccc(OC(F)F)n1. The number of ether oxygens (including phenoxy) is 1. The molecule has 0 aliphatic rings. The molecule has 1 heterocycles. The van der Waals surface area contributed by atoms with Crippen LogP contribution in [-0.4, -0.2) is 11.6 Å². The summed E-state index contributed by atoms with van der Waals surface area (Å²) in [4.78, 5) is 3.88. The topological polar surface area (TPSA) is 48.1 Å². The zero-order chi connectivity index (χ0) is 14.7. The molecule has 0 bridgehead atoms. The lowest BCUT2D eigenvalue weighted by molar-refractivity contribution is -0.0529. The van der Waals surface area contributed by atoms with Crippen LogP contribution in [0, 0.1) is 5.82 Å². The van der Waals surface area contributed by atoms with Gasteiger partial charge in [-0.15, -0.1) is 12.4 Å². The van der Waals surface area contributed by atoms with Crippen LogP contribution < -0.4 is 10.5 Å². The largest absolute Gasteiger partial charge is 0.417 e. The molecule has 8 heteroatoms. The Morgan fingerprint density at radius 1 is 1.19 bits per heavy atom. The van der Waals surface area contributed by atoms with Gasteiger partial charge in [-0.05, 0) is 23.8 Å². The van der Waals surface area contributed by atoms with Crippen LogP contribution in [0.1, 0.15) is 17.3 Å². The monoisotopic (exact) mass is 338 g/mol. The van der Waals surface area contributed by atoms with Crippen LogP contribution in [-0.2, 0) is 0 Å². The molecular formula is C13H11Cl2F3N2O. The zero-order valence-electron chi connectivity index (χ0n) is 10.5. The third-order valence-electron chi connectivity index (χ3n) is 2.58. The molecule has 0 saturated carbocycles. The molecule has 1 aromatic carbocycles. The zero-order valence-corrected chi connectivity index (χ0v) is 12.0. The normalized spacial score (nSPS) is 11.9. The lowest BCUT2D eigenvalue weighted by atomic mass is 10.0. The number of alkyl halides is 2. The van der Waals surface area contributed by atoms with Crippen molar-refractivity contribution in [3.63, 3.8) is 0 Å².